The molecule has 0 N–H and O–H groups in total. The molecule has 2 aromatic carbocycles. The lowest BCUT2D eigenvalue weighted by Crippen LogP contribution is -2.41. The molecule has 1 aliphatic carbocycles. The van der Waals surface area contributed by atoms with Crippen LogP contribution in [-0.4, -0.2) is 39.4 Å². The molecular weight excluding hydrogens is 457 g/mol. The highest BCUT2D eigenvalue weighted by molar-refractivity contribution is 7.99. The van der Waals surface area contributed by atoms with E-state index in [-0.39, 0.29) is 30.1 Å². The molecule has 2 aliphatic rings. The molecule has 3 aromatic rings. The van der Waals surface area contributed by atoms with Gasteiger partial charge in [0.15, 0.2) is 11.5 Å². The molecule has 1 saturated carbocycles. The molecule has 1 atom stereocenters. The van der Waals surface area contributed by atoms with Crippen molar-refractivity contribution in [2.24, 2.45) is 0 Å². The zero-order valence-electron chi connectivity index (χ0n) is 18.7. The Morgan fingerprint density at radius 2 is 1.79 bits per heavy atom. The van der Waals surface area contributed by atoms with Crippen LogP contribution in [0.2, 0.25) is 0 Å². The van der Waals surface area contributed by atoms with Crippen LogP contribution in [0.1, 0.15) is 49.7 Å². The number of hydrogen-bond donors (Lipinski definition) is 0. The number of hydrogen-bond acceptors (Lipinski definition) is 7. The Morgan fingerprint density at radius 3 is 2.59 bits per heavy atom. The summed E-state index contributed by atoms with van der Waals surface area (Å²) in [6.45, 7) is 0.738. The minimum Gasteiger partial charge on any atom is -0.485 e. The van der Waals surface area contributed by atoms with E-state index in [1.54, 1.807) is 12.1 Å². The van der Waals surface area contributed by atoms with Crippen LogP contribution < -0.4 is 9.47 Å². The van der Waals surface area contributed by atoms with Crippen molar-refractivity contribution >= 4 is 17.7 Å². The van der Waals surface area contributed by atoms with Gasteiger partial charge in [0.1, 0.15) is 12.4 Å². The number of fused-ring (bicyclic) bond motifs is 1. The van der Waals surface area contributed by atoms with Gasteiger partial charge >= 0.3 is 0 Å². The first-order valence-corrected chi connectivity index (χ1v) is 12.5. The molecule has 1 amide bonds. The molecule has 1 unspecified atom stereocenters. The summed E-state index contributed by atoms with van der Waals surface area (Å²) in [5.41, 5.74) is 0.917. The number of amides is 1. The quantitative estimate of drug-likeness (QED) is 0.429. The molecule has 5 rings (SSSR count). The Kier molecular flexibility index (Phi) is 6.99. The maximum absolute atomic E-state index is 13.3. The molecule has 2 heterocycles. The van der Waals surface area contributed by atoms with Gasteiger partial charge in [-0.2, -0.15) is 0 Å². The van der Waals surface area contributed by atoms with Crippen LogP contribution in [0.25, 0.3) is 0 Å². The fourth-order valence-corrected chi connectivity index (χ4v) is 5.01. The smallest absolute Gasteiger partial charge is 0.277 e. The Bertz CT molecular complexity index is 1120. The van der Waals surface area contributed by atoms with Crippen LogP contribution in [-0.2, 0) is 11.3 Å². The van der Waals surface area contributed by atoms with Gasteiger partial charge in [0.2, 0.25) is 12.0 Å². The number of rotatable bonds is 7. The third kappa shape index (κ3) is 5.35. The highest BCUT2D eigenvalue weighted by Gasteiger charge is 2.29. The van der Waals surface area contributed by atoms with Crippen LogP contribution in [0.5, 0.6) is 11.5 Å². The van der Waals surface area contributed by atoms with Crippen LogP contribution in [0.4, 0.5) is 4.39 Å². The second kappa shape index (κ2) is 10.5. The largest absolute Gasteiger partial charge is 0.485 e. The van der Waals surface area contributed by atoms with E-state index in [0.29, 0.717) is 29.2 Å². The van der Waals surface area contributed by atoms with E-state index in [4.69, 9.17) is 13.9 Å². The first kappa shape index (κ1) is 22.7. The maximum atomic E-state index is 13.3. The summed E-state index contributed by atoms with van der Waals surface area (Å²) in [5, 5.41) is 8.50. The standard InChI is InChI=1S/C25H26FN3O4S/c26-18-12-10-17(11-13-18)14-29(19-6-2-1-3-7-19)23(30)16-34-25-28-27-24(33-25)22-15-31-20-8-4-5-9-21(20)32-22/h4-5,8-13,19,22H,1-3,6-7,14-16H2. The summed E-state index contributed by atoms with van der Waals surface area (Å²) in [6.07, 6.45) is 4.91. The van der Waals surface area contributed by atoms with Crippen LogP contribution in [0.15, 0.2) is 58.2 Å². The lowest BCUT2D eigenvalue weighted by molar-refractivity contribution is -0.132. The molecule has 1 aliphatic heterocycles. The molecular formula is C25H26FN3O4S. The highest BCUT2D eigenvalue weighted by Crippen LogP contribution is 2.36. The Morgan fingerprint density at radius 1 is 1.03 bits per heavy atom. The number of benzene rings is 2. The molecule has 1 aromatic heterocycles. The average molecular weight is 484 g/mol. The van der Waals surface area contributed by atoms with E-state index in [0.717, 1.165) is 31.2 Å². The Balaban J connectivity index is 1.22. The van der Waals surface area contributed by atoms with Crippen molar-refractivity contribution in [3.8, 4) is 11.5 Å². The zero-order chi connectivity index (χ0) is 23.3. The number of nitrogens with zero attached hydrogens (tertiary/aromatic N) is 3. The van der Waals surface area contributed by atoms with Gasteiger partial charge in [-0.25, -0.2) is 4.39 Å². The van der Waals surface area contributed by atoms with Gasteiger partial charge in [-0.15, -0.1) is 10.2 Å². The summed E-state index contributed by atoms with van der Waals surface area (Å²) < 4.78 is 30.7. The van der Waals surface area contributed by atoms with E-state index >= 15 is 0 Å². The predicted octanol–water partition coefficient (Wildman–Crippen LogP) is 5.17. The van der Waals surface area contributed by atoms with E-state index in [2.05, 4.69) is 10.2 Å². The molecule has 9 heteroatoms. The van der Waals surface area contributed by atoms with Crippen LogP contribution in [0, 0.1) is 5.82 Å². The number of carbonyl (C=O) groups is 1. The number of carbonyl (C=O) groups excluding carboxylic acids is 1. The van der Waals surface area contributed by atoms with E-state index in [9.17, 15) is 9.18 Å². The summed E-state index contributed by atoms with van der Waals surface area (Å²) in [6, 6.07) is 14.0. The molecule has 34 heavy (non-hydrogen) atoms. The van der Waals surface area contributed by atoms with Crippen molar-refractivity contribution in [3.05, 3.63) is 65.8 Å². The summed E-state index contributed by atoms with van der Waals surface area (Å²) in [5.74, 6) is 1.54. The minimum absolute atomic E-state index is 0.00662. The Hall–Kier alpha value is -3.07. The first-order chi connectivity index (χ1) is 16.7. The summed E-state index contributed by atoms with van der Waals surface area (Å²) >= 11 is 1.22. The highest BCUT2D eigenvalue weighted by atomic mass is 32.2. The zero-order valence-corrected chi connectivity index (χ0v) is 19.5. The van der Waals surface area contributed by atoms with Crippen molar-refractivity contribution in [2.75, 3.05) is 12.4 Å². The first-order valence-electron chi connectivity index (χ1n) is 11.5. The average Bonchev–Trinajstić information content (AvgIpc) is 3.36. The monoisotopic (exact) mass is 483 g/mol. The molecule has 0 bridgehead atoms. The normalized spacial score (nSPS) is 18.0. The van der Waals surface area contributed by atoms with Crippen molar-refractivity contribution < 1.29 is 23.1 Å². The number of ether oxygens (including phenoxy) is 2. The maximum Gasteiger partial charge on any atom is 0.277 e. The van der Waals surface area contributed by atoms with Gasteiger partial charge in [-0.05, 0) is 42.7 Å². The molecule has 0 spiro atoms. The fraction of sp³-hybridized carbons (Fsp3) is 0.400. The Labute approximate surface area is 201 Å². The van der Waals surface area contributed by atoms with Crippen molar-refractivity contribution in [2.45, 2.75) is 56.0 Å². The van der Waals surface area contributed by atoms with Gasteiger partial charge in [0.05, 0.1) is 5.75 Å². The second-order valence-corrected chi connectivity index (χ2v) is 9.43. The van der Waals surface area contributed by atoms with Crippen LogP contribution >= 0.6 is 11.8 Å². The third-order valence-electron chi connectivity index (χ3n) is 6.13. The molecule has 178 valence electrons. The van der Waals surface area contributed by atoms with Gasteiger partial charge in [0.25, 0.3) is 11.1 Å². The number of halogens is 1. The van der Waals surface area contributed by atoms with E-state index < -0.39 is 6.10 Å². The van der Waals surface area contributed by atoms with Gasteiger partial charge in [-0.3, -0.25) is 4.79 Å². The summed E-state index contributed by atoms with van der Waals surface area (Å²) in [4.78, 5) is 15.2. The lowest BCUT2D eigenvalue weighted by atomic mass is 9.94. The molecule has 7 nitrogen and oxygen atoms in total. The number of aromatic nitrogens is 2. The SMILES string of the molecule is O=C(CSc1nnc(C2COc3ccccc3O2)o1)N(Cc1ccc(F)cc1)C1CCCCC1. The second-order valence-electron chi connectivity index (χ2n) is 8.50. The predicted molar refractivity (Wildman–Crippen MR) is 124 cm³/mol. The van der Waals surface area contributed by atoms with Crippen LogP contribution in [0.3, 0.4) is 0 Å². The van der Waals surface area contributed by atoms with Crippen molar-refractivity contribution in [1.82, 2.24) is 15.1 Å². The van der Waals surface area contributed by atoms with Gasteiger partial charge in [-0.1, -0.05) is 55.3 Å². The number of para-hydroxylation sites is 2. The topological polar surface area (TPSA) is 77.7 Å². The van der Waals surface area contributed by atoms with Gasteiger partial charge < -0.3 is 18.8 Å². The molecule has 0 radical (unpaired) electrons. The van der Waals surface area contributed by atoms with Crippen molar-refractivity contribution in [3.63, 3.8) is 0 Å². The number of thioether (sulfide) groups is 1. The lowest BCUT2D eigenvalue weighted by Gasteiger charge is -2.34. The third-order valence-corrected chi connectivity index (χ3v) is 6.93. The van der Waals surface area contributed by atoms with E-state index in [1.807, 2.05) is 29.2 Å². The van der Waals surface area contributed by atoms with E-state index in [1.165, 1.54) is 30.3 Å². The minimum atomic E-state index is -0.496. The van der Waals surface area contributed by atoms with Gasteiger partial charge in [0, 0.05) is 12.6 Å². The fourth-order valence-electron chi connectivity index (χ4n) is 4.36. The van der Waals surface area contributed by atoms with Crippen molar-refractivity contribution in [1.29, 1.82) is 0 Å². The molecule has 0 saturated heterocycles. The molecule has 1 fully saturated rings. The summed E-state index contributed by atoms with van der Waals surface area (Å²) in [7, 11) is 0.